The Hall–Kier alpha value is -2.49. The third-order valence-electron chi connectivity index (χ3n) is 0.549. The van der Waals surface area contributed by atoms with Crippen LogP contribution in [0.1, 0.15) is 0 Å². The molecule has 0 fully saturated rings. The largest absolute Gasteiger partial charge is 0.473 e. The van der Waals surface area contributed by atoms with Crippen molar-refractivity contribution in [3.05, 3.63) is 0 Å². The molecule has 0 amide bonds. The van der Waals surface area contributed by atoms with E-state index < -0.39 is 35.8 Å². The zero-order valence-electron chi connectivity index (χ0n) is 8.54. The van der Waals surface area contributed by atoms with Crippen LogP contribution >= 0.6 is 0 Å². The van der Waals surface area contributed by atoms with Gasteiger partial charge in [-0.3, -0.25) is 0 Å². The van der Waals surface area contributed by atoms with Crippen LogP contribution in [-0.2, 0) is 49.8 Å². The molecule has 0 aromatic heterocycles. The van der Waals surface area contributed by atoms with Gasteiger partial charge in [-0.25, -0.2) is 28.8 Å². The predicted molar refractivity (Wildman–Crippen MR) is 45.8 cm³/mol. The Morgan fingerprint density at radius 1 is 0.368 bits per heavy atom. The van der Waals surface area contributed by atoms with Gasteiger partial charge in [0.15, 0.2) is 0 Å². The fourth-order valence-corrected chi connectivity index (χ4v) is 0. The van der Waals surface area contributed by atoms with Crippen molar-refractivity contribution in [1.82, 2.24) is 0 Å². The van der Waals surface area contributed by atoms with E-state index in [2.05, 4.69) is 0 Å². The van der Waals surface area contributed by atoms with E-state index in [0.29, 0.717) is 0 Å². The molecule has 0 saturated heterocycles. The van der Waals surface area contributed by atoms with Crippen molar-refractivity contribution in [2.75, 3.05) is 0 Å². The molecular weight excluding hydrogens is 448 g/mol. The van der Waals surface area contributed by atoms with Crippen molar-refractivity contribution >= 4 is 35.8 Å². The Bertz CT molecular complexity index is 277. The van der Waals surface area contributed by atoms with E-state index in [1.807, 2.05) is 0 Å². The number of carbonyl (C=O) groups is 6. The smallest absolute Gasteiger partial charge is 0.414 e. The van der Waals surface area contributed by atoms with Gasteiger partial charge in [-0.2, -0.15) is 0 Å². The van der Waals surface area contributed by atoms with Gasteiger partial charge < -0.3 is 30.6 Å². The van der Waals surface area contributed by atoms with Gasteiger partial charge in [0, 0.05) is 21.1 Å². The van der Waals surface area contributed by atoms with Crippen LogP contribution in [0.5, 0.6) is 0 Å². The minimum atomic E-state index is -1.82. The Kier molecular flexibility index (Phi) is 18.1. The zero-order chi connectivity index (χ0) is 15.5. The number of hydrogen-bond acceptors (Lipinski definition) is 6. The maximum Gasteiger partial charge on any atom is 0.414 e. The van der Waals surface area contributed by atoms with Gasteiger partial charge in [0.25, 0.3) is 0 Å². The van der Waals surface area contributed by atoms with E-state index in [-0.39, 0.29) is 21.1 Å². The molecule has 0 aliphatic rings. The van der Waals surface area contributed by atoms with Crippen LogP contribution in [-0.4, -0.2) is 66.5 Å². The van der Waals surface area contributed by atoms with E-state index in [4.69, 9.17) is 59.4 Å². The van der Waals surface area contributed by atoms with E-state index in [1.54, 1.807) is 0 Å². The van der Waals surface area contributed by atoms with Crippen LogP contribution in [0.25, 0.3) is 0 Å². The molecule has 108 valence electrons. The molecule has 0 spiro atoms. The van der Waals surface area contributed by atoms with Crippen LogP contribution in [0.15, 0.2) is 0 Å². The van der Waals surface area contributed by atoms with E-state index in [9.17, 15) is 0 Å². The van der Waals surface area contributed by atoms with Crippen molar-refractivity contribution < 1.29 is 80.5 Å². The average Bonchev–Trinajstić information content (AvgIpc) is 2.18. The van der Waals surface area contributed by atoms with Gasteiger partial charge in [-0.15, -0.1) is 0 Å². The van der Waals surface area contributed by atoms with Crippen LogP contribution in [0.2, 0.25) is 0 Å². The average molecular weight is 454 g/mol. The summed E-state index contributed by atoms with van der Waals surface area (Å²) in [6.07, 6.45) is 0. The first-order valence-corrected chi connectivity index (χ1v) is 3.32. The van der Waals surface area contributed by atoms with Gasteiger partial charge in [-0.1, -0.05) is 0 Å². The molecule has 12 nitrogen and oxygen atoms in total. The summed E-state index contributed by atoms with van der Waals surface area (Å²) < 4.78 is 0. The molecule has 0 radical (unpaired) electrons. The van der Waals surface area contributed by atoms with Crippen molar-refractivity contribution in [1.29, 1.82) is 0 Å². The summed E-state index contributed by atoms with van der Waals surface area (Å²) in [6.45, 7) is 0. The molecule has 6 N–H and O–H groups in total. The second-order valence-electron chi connectivity index (χ2n) is 1.83. The topological polar surface area (TPSA) is 224 Å². The summed E-state index contributed by atoms with van der Waals surface area (Å²) in [5.41, 5.74) is 0. The van der Waals surface area contributed by atoms with Crippen LogP contribution < -0.4 is 0 Å². The number of carboxylic acids is 6. The van der Waals surface area contributed by atoms with Gasteiger partial charge in [0.2, 0.25) is 0 Å². The SMILES string of the molecule is O=C(O)C(=O)O.O=C(O)C(=O)O.O=C(O)C(=O)O.[W]. The summed E-state index contributed by atoms with van der Waals surface area (Å²) >= 11 is 0. The van der Waals surface area contributed by atoms with Crippen LogP contribution in [0, 0.1) is 0 Å². The summed E-state index contributed by atoms with van der Waals surface area (Å²) in [7, 11) is 0. The minimum absolute atomic E-state index is 0. The molecule has 0 bridgehead atoms. The maximum atomic E-state index is 9.10. The third kappa shape index (κ3) is 31.3. The second-order valence-corrected chi connectivity index (χ2v) is 1.83. The number of hydrogen-bond donors (Lipinski definition) is 6. The Morgan fingerprint density at radius 2 is 0.421 bits per heavy atom. The standard InChI is InChI=1S/3C2H2O4.W/c3*3-1(4)2(5)6;/h3*(H,3,4)(H,5,6);. The maximum absolute atomic E-state index is 9.10. The predicted octanol–water partition coefficient (Wildman–Crippen LogP) is -2.54. The molecule has 0 aromatic rings. The van der Waals surface area contributed by atoms with Gasteiger partial charge in [0.1, 0.15) is 0 Å². The number of rotatable bonds is 0. The van der Waals surface area contributed by atoms with Crippen LogP contribution in [0.4, 0.5) is 0 Å². The Morgan fingerprint density at radius 3 is 0.421 bits per heavy atom. The molecule has 0 saturated carbocycles. The monoisotopic (exact) mass is 454 g/mol. The van der Waals surface area contributed by atoms with Gasteiger partial charge >= 0.3 is 35.8 Å². The number of aliphatic carboxylic acids is 6. The molecule has 0 unspecified atom stereocenters. The Labute approximate surface area is 117 Å². The molecule has 0 aromatic carbocycles. The first-order chi connectivity index (χ1) is 7.93. The zero-order valence-corrected chi connectivity index (χ0v) is 11.5. The molecule has 0 aliphatic heterocycles. The molecule has 19 heavy (non-hydrogen) atoms. The summed E-state index contributed by atoms with van der Waals surface area (Å²) in [6, 6.07) is 0. The number of carboxylic acid groups (broad SMARTS) is 6. The third-order valence-corrected chi connectivity index (χ3v) is 0.549. The van der Waals surface area contributed by atoms with Crippen molar-refractivity contribution in [3.63, 3.8) is 0 Å². The van der Waals surface area contributed by atoms with E-state index in [1.165, 1.54) is 0 Å². The first-order valence-electron chi connectivity index (χ1n) is 3.32. The van der Waals surface area contributed by atoms with Crippen molar-refractivity contribution in [2.45, 2.75) is 0 Å². The molecule has 0 rings (SSSR count). The normalized spacial score (nSPS) is 6.95. The quantitative estimate of drug-likeness (QED) is 0.209. The van der Waals surface area contributed by atoms with E-state index in [0.717, 1.165) is 0 Å². The molecule has 0 aliphatic carbocycles. The molecule has 13 heteroatoms. The van der Waals surface area contributed by atoms with Gasteiger partial charge in [-0.05, 0) is 0 Å². The summed E-state index contributed by atoms with van der Waals surface area (Å²) in [5, 5.41) is 44.3. The fourth-order valence-electron chi connectivity index (χ4n) is 0. The van der Waals surface area contributed by atoms with Gasteiger partial charge in [0.05, 0.1) is 0 Å². The second kappa shape index (κ2) is 13.6. The summed E-state index contributed by atoms with van der Waals surface area (Å²) in [4.78, 5) is 54.6. The molecule has 0 heterocycles. The van der Waals surface area contributed by atoms with Crippen molar-refractivity contribution in [2.24, 2.45) is 0 Å². The summed E-state index contributed by atoms with van der Waals surface area (Å²) in [5.74, 6) is -10.9. The minimum Gasteiger partial charge on any atom is -0.473 e. The first kappa shape index (κ1) is 25.4. The fraction of sp³-hybridized carbons (Fsp3) is 0. The van der Waals surface area contributed by atoms with Crippen molar-refractivity contribution in [3.8, 4) is 0 Å². The van der Waals surface area contributed by atoms with E-state index >= 15 is 0 Å². The van der Waals surface area contributed by atoms with Crippen LogP contribution in [0.3, 0.4) is 0 Å². The Balaban J connectivity index is -0.0000000865. The molecule has 0 atom stereocenters. The molecular formula is C6H6O12W.